The fraction of sp³-hybridized carbons (Fsp3) is 0.143. The zero-order valence-corrected chi connectivity index (χ0v) is 10.2. The molecule has 0 unspecified atom stereocenters. The molecular formula is C14H14N4. The van der Waals surface area contributed by atoms with E-state index in [1.807, 2.05) is 49.5 Å². The molecular weight excluding hydrogens is 224 g/mol. The van der Waals surface area contributed by atoms with Crippen molar-refractivity contribution in [2.75, 3.05) is 0 Å². The largest absolute Gasteiger partial charge is 0.326 e. The molecule has 90 valence electrons. The monoisotopic (exact) mass is 238 g/mol. The van der Waals surface area contributed by atoms with Crippen LogP contribution in [0.4, 0.5) is 0 Å². The summed E-state index contributed by atoms with van der Waals surface area (Å²) in [5, 5.41) is 4.45. The molecule has 0 aliphatic heterocycles. The summed E-state index contributed by atoms with van der Waals surface area (Å²) < 4.78 is 1.79. The number of aryl methyl sites for hydroxylation is 1. The molecule has 0 aliphatic carbocycles. The van der Waals surface area contributed by atoms with Gasteiger partial charge in [-0.15, -0.1) is 5.10 Å². The third-order valence-corrected chi connectivity index (χ3v) is 2.94. The number of nitrogens with two attached hydrogens (primary N) is 1. The molecule has 0 fully saturated rings. The summed E-state index contributed by atoms with van der Waals surface area (Å²) in [5.74, 6) is 0.740. The van der Waals surface area contributed by atoms with Crippen LogP contribution in [0.3, 0.4) is 0 Å². The highest BCUT2D eigenvalue weighted by Gasteiger charge is 2.05. The lowest BCUT2D eigenvalue weighted by Gasteiger charge is -1.97. The van der Waals surface area contributed by atoms with E-state index in [0.717, 1.165) is 22.6 Å². The molecule has 0 aliphatic rings. The second kappa shape index (κ2) is 4.23. The maximum atomic E-state index is 5.58. The molecule has 2 heterocycles. The zero-order valence-electron chi connectivity index (χ0n) is 10.2. The first-order valence-electron chi connectivity index (χ1n) is 5.89. The van der Waals surface area contributed by atoms with Crippen LogP contribution in [0.15, 0.2) is 42.6 Å². The van der Waals surface area contributed by atoms with Gasteiger partial charge in [-0.3, -0.25) is 0 Å². The van der Waals surface area contributed by atoms with Crippen molar-refractivity contribution >= 4 is 5.65 Å². The Kier molecular flexibility index (Phi) is 2.57. The topological polar surface area (TPSA) is 56.2 Å². The molecule has 0 saturated carbocycles. The summed E-state index contributed by atoms with van der Waals surface area (Å²) in [6.07, 6.45) is 1.93. The minimum atomic E-state index is 0.554. The van der Waals surface area contributed by atoms with Gasteiger partial charge in [0.05, 0.1) is 0 Å². The minimum Gasteiger partial charge on any atom is -0.326 e. The molecule has 0 saturated heterocycles. The summed E-state index contributed by atoms with van der Waals surface area (Å²) in [4.78, 5) is 4.52. The van der Waals surface area contributed by atoms with Gasteiger partial charge in [0.2, 0.25) is 0 Å². The van der Waals surface area contributed by atoms with Gasteiger partial charge in [0.1, 0.15) is 0 Å². The van der Waals surface area contributed by atoms with E-state index in [9.17, 15) is 0 Å². The van der Waals surface area contributed by atoms with E-state index in [2.05, 4.69) is 10.1 Å². The number of fused-ring (bicyclic) bond motifs is 1. The number of pyridine rings is 1. The molecule has 0 radical (unpaired) electrons. The fourth-order valence-electron chi connectivity index (χ4n) is 1.90. The average molecular weight is 238 g/mol. The van der Waals surface area contributed by atoms with E-state index in [0.29, 0.717) is 6.54 Å². The average Bonchev–Trinajstić information content (AvgIpc) is 2.81. The molecule has 0 bridgehead atoms. The number of benzene rings is 1. The molecule has 1 aromatic carbocycles. The number of hydrogen-bond donors (Lipinski definition) is 1. The molecule has 2 aromatic heterocycles. The lowest BCUT2D eigenvalue weighted by Crippen LogP contribution is -1.95. The first-order chi connectivity index (χ1) is 8.76. The Morgan fingerprint density at radius 3 is 2.67 bits per heavy atom. The molecule has 3 aromatic rings. The summed E-state index contributed by atoms with van der Waals surface area (Å²) in [7, 11) is 0. The lowest BCUT2D eigenvalue weighted by atomic mass is 10.1. The zero-order chi connectivity index (χ0) is 12.5. The number of aromatic nitrogens is 3. The van der Waals surface area contributed by atoms with Crippen LogP contribution in [0, 0.1) is 6.92 Å². The molecule has 0 spiro atoms. The quantitative estimate of drug-likeness (QED) is 0.744. The van der Waals surface area contributed by atoms with Crippen molar-refractivity contribution in [3.8, 4) is 11.4 Å². The van der Waals surface area contributed by atoms with Crippen molar-refractivity contribution in [2.24, 2.45) is 5.73 Å². The van der Waals surface area contributed by atoms with E-state index in [1.165, 1.54) is 5.56 Å². The lowest BCUT2D eigenvalue weighted by molar-refractivity contribution is 0.962. The molecule has 0 atom stereocenters. The Labute approximate surface area is 105 Å². The Morgan fingerprint density at radius 2 is 1.94 bits per heavy atom. The molecule has 4 nitrogen and oxygen atoms in total. The van der Waals surface area contributed by atoms with Crippen molar-refractivity contribution in [1.29, 1.82) is 0 Å². The van der Waals surface area contributed by atoms with Gasteiger partial charge < -0.3 is 5.73 Å². The van der Waals surface area contributed by atoms with E-state index >= 15 is 0 Å². The van der Waals surface area contributed by atoms with Crippen molar-refractivity contribution in [3.63, 3.8) is 0 Å². The van der Waals surface area contributed by atoms with Crippen LogP contribution < -0.4 is 5.73 Å². The number of rotatable bonds is 2. The van der Waals surface area contributed by atoms with Crippen LogP contribution in [-0.2, 0) is 6.54 Å². The number of hydrogen-bond acceptors (Lipinski definition) is 3. The second-order valence-electron chi connectivity index (χ2n) is 4.34. The first-order valence-corrected chi connectivity index (χ1v) is 5.89. The Bertz CT molecular complexity index is 683. The van der Waals surface area contributed by atoms with E-state index in [1.54, 1.807) is 4.52 Å². The van der Waals surface area contributed by atoms with Crippen LogP contribution in [-0.4, -0.2) is 14.6 Å². The summed E-state index contributed by atoms with van der Waals surface area (Å²) >= 11 is 0. The Balaban J connectivity index is 2.07. The highest BCUT2D eigenvalue weighted by Crippen LogP contribution is 2.17. The van der Waals surface area contributed by atoms with Crippen molar-refractivity contribution in [1.82, 2.24) is 14.6 Å². The van der Waals surface area contributed by atoms with Gasteiger partial charge in [0.15, 0.2) is 11.5 Å². The molecule has 3 rings (SSSR count). The predicted octanol–water partition coefficient (Wildman–Crippen LogP) is 2.16. The van der Waals surface area contributed by atoms with Gasteiger partial charge in [-0.05, 0) is 30.2 Å². The molecule has 0 amide bonds. The van der Waals surface area contributed by atoms with Gasteiger partial charge >= 0.3 is 0 Å². The Hall–Kier alpha value is -2.20. The van der Waals surface area contributed by atoms with E-state index in [-0.39, 0.29) is 0 Å². The minimum absolute atomic E-state index is 0.554. The highest BCUT2D eigenvalue weighted by atomic mass is 15.3. The van der Waals surface area contributed by atoms with Crippen LogP contribution in [0.2, 0.25) is 0 Å². The van der Waals surface area contributed by atoms with Gasteiger partial charge in [0, 0.05) is 18.3 Å². The normalized spacial score (nSPS) is 11.0. The maximum Gasteiger partial charge on any atom is 0.182 e. The van der Waals surface area contributed by atoms with Crippen molar-refractivity contribution in [3.05, 3.63) is 53.7 Å². The summed E-state index contributed by atoms with van der Waals surface area (Å²) in [6, 6.07) is 12.1. The van der Waals surface area contributed by atoms with Gasteiger partial charge in [-0.25, -0.2) is 9.50 Å². The molecule has 4 heteroatoms. The summed E-state index contributed by atoms with van der Waals surface area (Å²) in [6.45, 7) is 2.60. The predicted molar refractivity (Wildman–Crippen MR) is 71.1 cm³/mol. The van der Waals surface area contributed by atoms with Crippen molar-refractivity contribution in [2.45, 2.75) is 13.5 Å². The fourth-order valence-corrected chi connectivity index (χ4v) is 1.90. The smallest absolute Gasteiger partial charge is 0.182 e. The van der Waals surface area contributed by atoms with Gasteiger partial charge in [0.25, 0.3) is 0 Å². The molecule has 2 N–H and O–H groups in total. The first kappa shape index (κ1) is 10.9. The third-order valence-electron chi connectivity index (χ3n) is 2.94. The highest BCUT2D eigenvalue weighted by molar-refractivity contribution is 5.58. The van der Waals surface area contributed by atoms with Gasteiger partial charge in [-0.2, -0.15) is 0 Å². The standard InChI is InChI=1S/C14H14N4/c1-10-6-7-18-13(8-10)16-14(17-18)12-4-2-11(9-15)3-5-12/h2-8H,9,15H2,1H3. The molecule has 18 heavy (non-hydrogen) atoms. The second-order valence-corrected chi connectivity index (χ2v) is 4.34. The van der Waals surface area contributed by atoms with E-state index < -0.39 is 0 Å². The third kappa shape index (κ3) is 1.87. The maximum absolute atomic E-state index is 5.58. The van der Waals surface area contributed by atoms with Crippen LogP contribution in [0.25, 0.3) is 17.0 Å². The van der Waals surface area contributed by atoms with Gasteiger partial charge in [-0.1, -0.05) is 24.3 Å². The van der Waals surface area contributed by atoms with Crippen LogP contribution >= 0.6 is 0 Å². The SMILES string of the molecule is Cc1ccn2nc(-c3ccc(CN)cc3)nc2c1. The Morgan fingerprint density at radius 1 is 1.17 bits per heavy atom. The van der Waals surface area contributed by atoms with Crippen LogP contribution in [0.5, 0.6) is 0 Å². The number of nitrogens with zero attached hydrogens (tertiary/aromatic N) is 3. The van der Waals surface area contributed by atoms with Crippen LogP contribution in [0.1, 0.15) is 11.1 Å². The van der Waals surface area contributed by atoms with Crippen molar-refractivity contribution < 1.29 is 0 Å². The van der Waals surface area contributed by atoms with E-state index in [4.69, 9.17) is 5.73 Å². The summed E-state index contributed by atoms with van der Waals surface area (Å²) in [5.41, 5.74) is 9.75.